The van der Waals surface area contributed by atoms with Crippen molar-refractivity contribution in [3.63, 3.8) is 0 Å². The second-order valence-corrected chi connectivity index (χ2v) is 5.71. The van der Waals surface area contributed by atoms with Crippen LogP contribution in [-0.2, 0) is 9.59 Å². The van der Waals surface area contributed by atoms with Crippen LogP contribution in [0.15, 0.2) is 24.3 Å². The van der Waals surface area contributed by atoms with Gasteiger partial charge in [0.05, 0.1) is 11.3 Å². The van der Waals surface area contributed by atoms with Gasteiger partial charge in [0, 0.05) is 12.1 Å². The van der Waals surface area contributed by atoms with Crippen molar-refractivity contribution in [1.29, 1.82) is 0 Å². The van der Waals surface area contributed by atoms with Gasteiger partial charge in [0.25, 0.3) is 5.91 Å². The largest absolute Gasteiger partial charge is 0.366 e. The molecule has 0 bridgehead atoms. The number of likely N-dealkylation sites (tertiary alicyclic amines) is 1. The summed E-state index contributed by atoms with van der Waals surface area (Å²) >= 11 is 0. The summed E-state index contributed by atoms with van der Waals surface area (Å²) in [6.07, 6.45) is 2.83. The first-order valence-electron chi connectivity index (χ1n) is 7.44. The van der Waals surface area contributed by atoms with Gasteiger partial charge in [-0.05, 0) is 45.2 Å². The van der Waals surface area contributed by atoms with E-state index in [1.54, 1.807) is 23.1 Å². The number of carbonyl (C=O) groups is 3. The smallest absolute Gasteiger partial charge is 0.313 e. The van der Waals surface area contributed by atoms with E-state index in [0.717, 1.165) is 19.3 Å². The summed E-state index contributed by atoms with van der Waals surface area (Å²) in [5.74, 6) is -1.96. The van der Waals surface area contributed by atoms with Crippen LogP contribution < -0.4 is 11.1 Å². The molecule has 1 fully saturated rings. The highest BCUT2D eigenvalue weighted by Gasteiger charge is 2.33. The van der Waals surface area contributed by atoms with Crippen LogP contribution in [0.4, 0.5) is 5.69 Å². The monoisotopic (exact) mass is 303 g/mol. The molecular formula is C16H21N3O3. The highest BCUT2D eigenvalue weighted by atomic mass is 16.2. The minimum absolute atomic E-state index is 0.0355. The van der Waals surface area contributed by atoms with Gasteiger partial charge in [-0.2, -0.15) is 0 Å². The Balaban J connectivity index is 2.15. The first-order valence-corrected chi connectivity index (χ1v) is 7.44. The fourth-order valence-electron chi connectivity index (χ4n) is 2.92. The van der Waals surface area contributed by atoms with E-state index >= 15 is 0 Å². The number of benzene rings is 1. The first kappa shape index (κ1) is 16.0. The van der Waals surface area contributed by atoms with Crippen molar-refractivity contribution in [3.8, 4) is 0 Å². The topological polar surface area (TPSA) is 92.5 Å². The number of nitrogens with zero attached hydrogens (tertiary/aromatic N) is 1. The molecule has 6 heteroatoms. The Labute approximate surface area is 129 Å². The van der Waals surface area contributed by atoms with Gasteiger partial charge in [-0.15, -0.1) is 0 Å². The van der Waals surface area contributed by atoms with E-state index in [2.05, 4.69) is 5.32 Å². The molecule has 1 aromatic carbocycles. The molecular weight excluding hydrogens is 282 g/mol. The highest BCUT2D eigenvalue weighted by Crippen LogP contribution is 2.23. The van der Waals surface area contributed by atoms with Crippen LogP contribution in [0.1, 0.15) is 43.5 Å². The average molecular weight is 303 g/mol. The van der Waals surface area contributed by atoms with Crippen LogP contribution in [0.5, 0.6) is 0 Å². The van der Waals surface area contributed by atoms with Gasteiger partial charge in [0.2, 0.25) is 0 Å². The second-order valence-electron chi connectivity index (χ2n) is 5.71. The summed E-state index contributed by atoms with van der Waals surface area (Å²) in [5, 5.41) is 2.50. The number of carbonyl (C=O) groups excluding carboxylic acids is 3. The van der Waals surface area contributed by atoms with Crippen molar-refractivity contribution >= 4 is 23.4 Å². The van der Waals surface area contributed by atoms with Crippen molar-refractivity contribution in [2.24, 2.45) is 5.73 Å². The molecule has 2 rings (SSSR count). The molecule has 0 aliphatic carbocycles. The predicted octanol–water partition coefficient (Wildman–Crippen LogP) is 1.51. The molecule has 0 spiro atoms. The summed E-state index contributed by atoms with van der Waals surface area (Å²) in [7, 11) is 0. The molecule has 3 N–H and O–H groups in total. The lowest BCUT2D eigenvalue weighted by atomic mass is 9.97. The second kappa shape index (κ2) is 6.60. The van der Waals surface area contributed by atoms with E-state index in [9.17, 15) is 14.4 Å². The lowest BCUT2D eigenvalue weighted by Gasteiger charge is -2.38. The van der Waals surface area contributed by atoms with Crippen LogP contribution in [0, 0.1) is 0 Å². The standard InChI is InChI=1S/C16H21N3O3/c1-10-6-5-7-11(2)19(10)16(22)15(21)18-13-9-4-3-8-12(13)14(17)20/h3-4,8-11H,5-7H2,1-2H3,(H2,17,20)(H,18,21). The molecule has 0 radical (unpaired) electrons. The number of piperidine rings is 1. The summed E-state index contributed by atoms with van der Waals surface area (Å²) < 4.78 is 0. The average Bonchev–Trinajstić information content (AvgIpc) is 2.47. The van der Waals surface area contributed by atoms with Crippen LogP contribution >= 0.6 is 0 Å². The maximum atomic E-state index is 12.4. The summed E-state index contributed by atoms with van der Waals surface area (Å²) in [6, 6.07) is 6.44. The molecule has 0 aromatic heterocycles. The quantitative estimate of drug-likeness (QED) is 0.811. The van der Waals surface area contributed by atoms with E-state index in [-0.39, 0.29) is 23.3 Å². The highest BCUT2D eigenvalue weighted by molar-refractivity contribution is 6.40. The molecule has 6 nitrogen and oxygen atoms in total. The van der Waals surface area contributed by atoms with Crippen molar-refractivity contribution < 1.29 is 14.4 Å². The summed E-state index contributed by atoms with van der Waals surface area (Å²) in [4.78, 5) is 37.6. The number of amides is 3. The Hall–Kier alpha value is -2.37. The molecule has 1 heterocycles. The minimum atomic E-state index is -0.741. The lowest BCUT2D eigenvalue weighted by molar-refractivity contribution is -0.147. The normalized spacial score (nSPS) is 21.3. The number of primary amides is 1. The molecule has 3 amide bonds. The van der Waals surface area contributed by atoms with Gasteiger partial charge in [-0.3, -0.25) is 14.4 Å². The van der Waals surface area contributed by atoms with Gasteiger partial charge in [-0.1, -0.05) is 12.1 Å². The van der Waals surface area contributed by atoms with E-state index < -0.39 is 17.7 Å². The Kier molecular flexibility index (Phi) is 4.80. The number of hydrogen-bond donors (Lipinski definition) is 2. The zero-order valence-corrected chi connectivity index (χ0v) is 12.8. The van der Waals surface area contributed by atoms with E-state index in [0.29, 0.717) is 0 Å². The molecule has 2 unspecified atom stereocenters. The minimum Gasteiger partial charge on any atom is -0.366 e. The molecule has 2 atom stereocenters. The number of hydrogen-bond acceptors (Lipinski definition) is 3. The van der Waals surface area contributed by atoms with Crippen molar-refractivity contribution in [2.75, 3.05) is 5.32 Å². The number of para-hydroxylation sites is 1. The first-order chi connectivity index (χ1) is 10.4. The number of anilines is 1. The molecule has 0 saturated carbocycles. The third-order valence-electron chi connectivity index (χ3n) is 4.06. The Bertz CT molecular complexity index is 590. The predicted molar refractivity (Wildman–Crippen MR) is 83.2 cm³/mol. The van der Waals surface area contributed by atoms with E-state index in [1.807, 2.05) is 13.8 Å². The maximum absolute atomic E-state index is 12.4. The van der Waals surface area contributed by atoms with Crippen LogP contribution in [0.2, 0.25) is 0 Å². The van der Waals surface area contributed by atoms with Gasteiger partial charge >= 0.3 is 11.8 Å². The zero-order chi connectivity index (χ0) is 16.3. The van der Waals surface area contributed by atoms with Crippen LogP contribution in [-0.4, -0.2) is 34.7 Å². The number of nitrogens with one attached hydrogen (secondary N) is 1. The van der Waals surface area contributed by atoms with Crippen LogP contribution in [0.25, 0.3) is 0 Å². The Morgan fingerprint density at radius 2 is 1.73 bits per heavy atom. The number of nitrogens with two attached hydrogens (primary N) is 1. The molecule has 1 aliphatic rings. The lowest BCUT2D eigenvalue weighted by Crippen LogP contribution is -2.51. The molecule has 1 aliphatic heterocycles. The fourth-order valence-corrected chi connectivity index (χ4v) is 2.92. The van der Waals surface area contributed by atoms with Crippen LogP contribution in [0.3, 0.4) is 0 Å². The van der Waals surface area contributed by atoms with Crippen molar-refractivity contribution in [3.05, 3.63) is 29.8 Å². The Morgan fingerprint density at radius 1 is 1.14 bits per heavy atom. The summed E-state index contributed by atoms with van der Waals surface area (Å²) in [5.41, 5.74) is 5.71. The zero-order valence-electron chi connectivity index (χ0n) is 12.8. The molecule has 22 heavy (non-hydrogen) atoms. The molecule has 1 aromatic rings. The van der Waals surface area contributed by atoms with Gasteiger partial charge < -0.3 is 16.0 Å². The third kappa shape index (κ3) is 3.27. The SMILES string of the molecule is CC1CCCC(C)N1C(=O)C(=O)Nc1ccccc1C(N)=O. The third-order valence-corrected chi connectivity index (χ3v) is 4.06. The van der Waals surface area contributed by atoms with E-state index in [4.69, 9.17) is 5.73 Å². The van der Waals surface area contributed by atoms with Gasteiger partial charge in [-0.25, -0.2) is 0 Å². The fraction of sp³-hybridized carbons (Fsp3) is 0.438. The van der Waals surface area contributed by atoms with Crippen molar-refractivity contribution in [2.45, 2.75) is 45.2 Å². The molecule has 118 valence electrons. The number of rotatable bonds is 2. The van der Waals surface area contributed by atoms with Gasteiger partial charge in [0.15, 0.2) is 0 Å². The van der Waals surface area contributed by atoms with Gasteiger partial charge in [0.1, 0.15) is 0 Å². The Morgan fingerprint density at radius 3 is 2.32 bits per heavy atom. The summed E-state index contributed by atoms with van der Waals surface area (Å²) in [6.45, 7) is 3.89. The van der Waals surface area contributed by atoms with Crippen molar-refractivity contribution in [1.82, 2.24) is 4.90 Å². The molecule has 1 saturated heterocycles. The maximum Gasteiger partial charge on any atom is 0.313 e. The van der Waals surface area contributed by atoms with E-state index in [1.165, 1.54) is 6.07 Å².